The van der Waals surface area contributed by atoms with Crippen LogP contribution in [0.2, 0.25) is 5.82 Å². The fourth-order valence-corrected chi connectivity index (χ4v) is 17.3. The lowest BCUT2D eigenvalue weighted by molar-refractivity contribution is 0.296. The molecule has 0 bridgehead atoms. The molecule has 0 N–H and O–H groups in total. The van der Waals surface area contributed by atoms with Gasteiger partial charge in [0.25, 0.3) is 6.71 Å². The van der Waals surface area contributed by atoms with E-state index in [4.69, 9.17) is 4.42 Å². The summed E-state index contributed by atoms with van der Waals surface area (Å²) >= 11 is 0. The van der Waals surface area contributed by atoms with Crippen molar-refractivity contribution in [3.8, 4) is 0 Å². The lowest BCUT2D eigenvalue weighted by Gasteiger charge is -2.58. The second-order valence-electron chi connectivity index (χ2n) is 31.6. The predicted molar refractivity (Wildman–Crippen MR) is 321 cm³/mol. The first kappa shape index (κ1) is 50.1. The van der Waals surface area contributed by atoms with Crippen molar-refractivity contribution in [3.05, 3.63) is 129 Å². The number of hydrogen-bond donors (Lipinski definition) is 0. The van der Waals surface area contributed by atoms with Gasteiger partial charge in [-0.15, -0.1) is 0 Å². The van der Waals surface area contributed by atoms with Crippen molar-refractivity contribution in [2.24, 2.45) is 5.92 Å². The Morgan fingerprint density at radius 2 is 0.947 bits per heavy atom. The van der Waals surface area contributed by atoms with Crippen molar-refractivity contribution in [2.75, 3.05) is 9.80 Å². The Kier molecular flexibility index (Phi) is 10.6. The molecule has 1 saturated carbocycles. The molecular weight excluding hydrogens is 908 g/mol. The van der Waals surface area contributed by atoms with E-state index in [0.717, 1.165) is 24.8 Å². The minimum Gasteiger partial charge on any atom is -0.469 e. The van der Waals surface area contributed by atoms with Gasteiger partial charge in [0.2, 0.25) is 0 Å². The van der Waals surface area contributed by atoms with Crippen LogP contribution in [-0.4, -0.2) is 18.8 Å². The Labute approximate surface area is 453 Å². The highest BCUT2D eigenvalue weighted by Crippen LogP contribution is 2.60. The summed E-state index contributed by atoms with van der Waals surface area (Å²) in [4.78, 5) is 5.96. The molecular formula is C71H91BN2O. The number of nitrogens with zero attached hydrogens (tertiary/aromatic N) is 2. The summed E-state index contributed by atoms with van der Waals surface area (Å²) in [5.41, 5.74) is 24.0. The Morgan fingerprint density at radius 1 is 0.480 bits per heavy atom. The van der Waals surface area contributed by atoms with Gasteiger partial charge >= 0.3 is 0 Å². The number of fused-ring (bicyclic) bond motifs is 10. The van der Waals surface area contributed by atoms with Crippen molar-refractivity contribution in [2.45, 2.75) is 255 Å². The minimum atomic E-state index is 0.0607. The minimum absolute atomic E-state index is 0.0607. The van der Waals surface area contributed by atoms with E-state index in [1.54, 1.807) is 27.8 Å². The summed E-state index contributed by atoms with van der Waals surface area (Å²) in [7, 11) is 0. The van der Waals surface area contributed by atoms with E-state index in [9.17, 15) is 0 Å². The molecule has 3 unspecified atom stereocenters. The van der Waals surface area contributed by atoms with E-state index < -0.39 is 0 Å². The zero-order valence-electron chi connectivity index (χ0n) is 49.6. The summed E-state index contributed by atoms with van der Waals surface area (Å²) in [6, 6.07) is 24.6. The van der Waals surface area contributed by atoms with E-state index in [2.05, 4.69) is 206 Å². The van der Waals surface area contributed by atoms with Crippen LogP contribution in [0.25, 0.3) is 11.0 Å². The van der Waals surface area contributed by atoms with E-state index in [0.29, 0.717) is 11.8 Å². The van der Waals surface area contributed by atoms with Gasteiger partial charge in [0, 0.05) is 40.4 Å². The van der Waals surface area contributed by atoms with Crippen molar-refractivity contribution in [1.29, 1.82) is 0 Å². The largest absolute Gasteiger partial charge is 0.469 e. The fraction of sp³-hybridized carbons (Fsp3) is 0.577. The van der Waals surface area contributed by atoms with Gasteiger partial charge in [0.15, 0.2) is 0 Å². The molecule has 75 heavy (non-hydrogen) atoms. The van der Waals surface area contributed by atoms with Crippen LogP contribution < -0.4 is 20.9 Å². The van der Waals surface area contributed by atoms with Gasteiger partial charge in [0.1, 0.15) is 5.58 Å². The number of benzene rings is 4. The van der Waals surface area contributed by atoms with Crippen LogP contribution in [0, 0.1) is 5.92 Å². The maximum Gasteiger partial charge on any atom is 0.268 e. The van der Waals surface area contributed by atoms with E-state index in [1.165, 1.54) is 113 Å². The summed E-state index contributed by atoms with van der Waals surface area (Å²) in [6.45, 7) is 43.0. The van der Waals surface area contributed by atoms with E-state index >= 15 is 0 Å². The monoisotopic (exact) mass is 999 g/mol. The van der Waals surface area contributed by atoms with Crippen LogP contribution in [0.1, 0.15) is 244 Å². The van der Waals surface area contributed by atoms with Crippen LogP contribution in [0.15, 0.2) is 83.3 Å². The molecule has 1 aromatic heterocycles. The molecule has 0 saturated heterocycles. The number of rotatable bonds is 3. The lowest BCUT2D eigenvalue weighted by atomic mass is 9.28. The fourth-order valence-electron chi connectivity index (χ4n) is 17.3. The summed E-state index contributed by atoms with van der Waals surface area (Å²) in [5, 5.41) is 1.32. The number of allylic oxidation sites excluding steroid dienone is 4. The molecule has 4 heteroatoms. The molecule has 0 radical (unpaired) electrons. The van der Waals surface area contributed by atoms with Crippen LogP contribution in [0.3, 0.4) is 0 Å². The maximum absolute atomic E-state index is 7.92. The van der Waals surface area contributed by atoms with Crippen molar-refractivity contribution >= 4 is 51.6 Å². The topological polar surface area (TPSA) is 19.6 Å². The van der Waals surface area contributed by atoms with Crippen LogP contribution >= 0.6 is 0 Å². The van der Waals surface area contributed by atoms with Crippen LogP contribution in [-0.2, 0) is 43.3 Å². The smallest absolute Gasteiger partial charge is 0.268 e. The molecule has 2 aliphatic heterocycles. The Balaban J connectivity index is 1.15. The van der Waals surface area contributed by atoms with E-state index in [1.807, 2.05) is 0 Å². The van der Waals surface area contributed by atoms with E-state index in [-0.39, 0.29) is 67.9 Å². The highest BCUT2D eigenvalue weighted by Gasteiger charge is 2.60. The number of furan rings is 1. The van der Waals surface area contributed by atoms with Gasteiger partial charge in [0.05, 0.1) is 11.3 Å². The Bertz CT molecular complexity index is 3290. The molecule has 4 aromatic carbocycles. The van der Waals surface area contributed by atoms with Gasteiger partial charge in [-0.1, -0.05) is 160 Å². The molecule has 3 nitrogen and oxygen atoms in total. The average molecular weight is 999 g/mol. The molecule has 394 valence electrons. The first-order chi connectivity index (χ1) is 35.0. The number of hydrogen-bond acceptors (Lipinski definition) is 3. The summed E-state index contributed by atoms with van der Waals surface area (Å²) in [6.07, 6.45) is 22.5. The predicted octanol–water partition coefficient (Wildman–Crippen LogP) is 17.9. The quantitative estimate of drug-likeness (QED) is 0.168. The molecule has 3 heterocycles. The van der Waals surface area contributed by atoms with Gasteiger partial charge in [-0.05, 0) is 218 Å². The van der Waals surface area contributed by atoms with Gasteiger partial charge in [-0.25, -0.2) is 0 Å². The zero-order chi connectivity index (χ0) is 53.1. The summed E-state index contributed by atoms with van der Waals surface area (Å²) in [5.74, 6) is 1.12. The number of anilines is 4. The lowest BCUT2D eigenvalue weighted by Crippen LogP contribution is -2.69. The standard InChI is InChI=1S/C71H91BN2O/c1-42-33-58-61-59(34-42)74(56-39-52-49(66(6,7)27-30-69(52,12)13)36-45(56)43-21-19-18-20-22-43)57-40-53-51(68(10,11)29-31-70(53,14)15)38-55(57)72(61)63-62(46-37-50-54(41-60(46)75-63)71(16,17)32-28-67(50,8)9)73(58)44-23-24-47-48(35-44)65(4,5)26-25-64(47,2)3/h18-21,23-24,35-43,58-59,61H,22,25-34H2,1-17H3/t42-,43?,58?,59?,61+/m0/s1. The molecule has 6 aliphatic carbocycles. The molecule has 5 atom stereocenters. The second kappa shape index (κ2) is 15.9. The third-order valence-corrected chi connectivity index (χ3v) is 22.8. The molecule has 5 aromatic rings. The third kappa shape index (κ3) is 7.30. The maximum atomic E-state index is 7.92. The Hall–Kier alpha value is -4.44. The zero-order valence-corrected chi connectivity index (χ0v) is 49.6. The summed E-state index contributed by atoms with van der Waals surface area (Å²) < 4.78 is 7.92. The van der Waals surface area contributed by atoms with Crippen LogP contribution in [0.4, 0.5) is 22.7 Å². The van der Waals surface area contributed by atoms with Crippen LogP contribution in [0.5, 0.6) is 0 Å². The SMILES string of the molecule is C[C@@H]1CC2[C@@H]3B(c4cc5c(cc4N2c2cc4c(cc2C2C=CC=CC2)C(C)(C)CCC4(C)C)C(C)(C)CCC5(C)C)c2oc4cc5c(cc4c2N(c2ccc4c(c2)C(C)(C)CCC4(C)C)C3C1)C(C)(C)CCC5(C)C. The first-order valence-corrected chi connectivity index (χ1v) is 30.1. The molecule has 13 rings (SSSR count). The average Bonchev–Trinajstić information content (AvgIpc) is 3.72. The highest BCUT2D eigenvalue weighted by atomic mass is 16.3. The Morgan fingerprint density at radius 3 is 1.49 bits per heavy atom. The highest BCUT2D eigenvalue weighted by molar-refractivity contribution is 6.89. The first-order valence-electron chi connectivity index (χ1n) is 30.1. The van der Waals surface area contributed by atoms with Gasteiger partial charge < -0.3 is 14.2 Å². The molecule has 1 fully saturated rings. The third-order valence-electron chi connectivity index (χ3n) is 22.8. The van der Waals surface area contributed by atoms with Crippen molar-refractivity contribution < 1.29 is 4.42 Å². The normalized spacial score (nSPS) is 29.1. The molecule has 0 amide bonds. The van der Waals surface area contributed by atoms with Gasteiger partial charge in [-0.2, -0.15) is 0 Å². The van der Waals surface area contributed by atoms with Crippen molar-refractivity contribution in [1.82, 2.24) is 0 Å². The molecule has 8 aliphatic rings. The van der Waals surface area contributed by atoms with Gasteiger partial charge in [-0.3, -0.25) is 0 Å². The van der Waals surface area contributed by atoms with Crippen molar-refractivity contribution in [3.63, 3.8) is 0 Å². The second-order valence-corrected chi connectivity index (χ2v) is 31.6. The molecule has 0 spiro atoms.